The molecular weight excluding hydrogens is 588 g/mol. The van der Waals surface area contributed by atoms with E-state index in [-0.39, 0.29) is 11.6 Å². The molecule has 3 aromatic carbocycles. The highest BCUT2D eigenvalue weighted by Gasteiger charge is 2.26. The Morgan fingerprint density at radius 1 is 1.03 bits per heavy atom. The van der Waals surface area contributed by atoms with E-state index in [0.717, 1.165) is 9.13 Å². The molecule has 1 aliphatic rings. The fourth-order valence-corrected chi connectivity index (χ4v) is 4.22. The Hall–Kier alpha value is -2.55. The van der Waals surface area contributed by atoms with Gasteiger partial charge in [0.1, 0.15) is 6.61 Å². The van der Waals surface area contributed by atoms with E-state index in [1.54, 1.807) is 24.3 Å². The first-order valence-corrected chi connectivity index (χ1v) is 12.3. The number of nitrogens with zero attached hydrogens (tertiary/aromatic N) is 1. The number of carbonyl (C=O) groups is 1. The summed E-state index contributed by atoms with van der Waals surface area (Å²) in [5.74, 6) is 0.507. The average molecular weight is 608 g/mol. The summed E-state index contributed by atoms with van der Waals surface area (Å²) in [6, 6.07) is 16.9. The standard InChI is InChI=1S/C26H20Cl2INO4/c1-3-32-23-12-17(10-21(28)24(23)33-14-16-6-4-15(2)5-7-16)11-22-26(31)34-25(30-22)19-13-18(29)8-9-20(19)27/h4-13H,3,14H2,1-2H3. The molecule has 0 fully saturated rings. The summed E-state index contributed by atoms with van der Waals surface area (Å²) in [6.45, 7) is 4.67. The van der Waals surface area contributed by atoms with Gasteiger partial charge in [-0.25, -0.2) is 9.79 Å². The lowest BCUT2D eigenvalue weighted by atomic mass is 10.1. The highest BCUT2D eigenvalue weighted by atomic mass is 127. The molecular formula is C26H20Cl2INO4. The average Bonchev–Trinajstić information content (AvgIpc) is 3.16. The van der Waals surface area contributed by atoms with Gasteiger partial charge in [0.15, 0.2) is 17.2 Å². The third-order valence-corrected chi connectivity index (χ3v) is 6.20. The van der Waals surface area contributed by atoms with E-state index >= 15 is 0 Å². The first-order valence-electron chi connectivity index (χ1n) is 10.5. The Kier molecular flexibility index (Phi) is 7.80. The normalized spacial score (nSPS) is 14.2. The molecule has 0 saturated heterocycles. The monoisotopic (exact) mass is 607 g/mol. The molecule has 0 unspecified atom stereocenters. The number of halogens is 3. The first kappa shape index (κ1) is 24.6. The number of ether oxygens (including phenoxy) is 3. The number of cyclic esters (lactones) is 1. The molecule has 0 radical (unpaired) electrons. The van der Waals surface area contributed by atoms with Gasteiger partial charge in [0.25, 0.3) is 0 Å². The van der Waals surface area contributed by atoms with Crippen molar-refractivity contribution in [3.8, 4) is 11.5 Å². The molecule has 0 spiro atoms. The highest BCUT2D eigenvalue weighted by molar-refractivity contribution is 14.1. The molecule has 5 nitrogen and oxygen atoms in total. The zero-order valence-electron chi connectivity index (χ0n) is 18.4. The minimum Gasteiger partial charge on any atom is -0.490 e. The first-order chi connectivity index (χ1) is 16.3. The molecule has 3 aromatic rings. The van der Waals surface area contributed by atoms with Gasteiger partial charge in [-0.15, -0.1) is 0 Å². The van der Waals surface area contributed by atoms with Crippen LogP contribution in [0.5, 0.6) is 11.5 Å². The van der Waals surface area contributed by atoms with Gasteiger partial charge in [-0.1, -0.05) is 53.0 Å². The van der Waals surface area contributed by atoms with Crippen LogP contribution in [0.1, 0.15) is 29.2 Å². The van der Waals surface area contributed by atoms with E-state index in [9.17, 15) is 4.79 Å². The maximum Gasteiger partial charge on any atom is 0.363 e. The van der Waals surface area contributed by atoms with Crippen molar-refractivity contribution in [3.63, 3.8) is 0 Å². The number of rotatable bonds is 7. The lowest BCUT2D eigenvalue weighted by molar-refractivity contribution is -0.129. The third-order valence-electron chi connectivity index (χ3n) is 4.92. The molecule has 0 aromatic heterocycles. The van der Waals surface area contributed by atoms with Crippen LogP contribution in [-0.4, -0.2) is 18.5 Å². The molecule has 0 bridgehead atoms. The van der Waals surface area contributed by atoms with Crippen molar-refractivity contribution >= 4 is 63.7 Å². The molecule has 0 aliphatic carbocycles. The van der Waals surface area contributed by atoms with E-state index in [2.05, 4.69) is 27.6 Å². The van der Waals surface area contributed by atoms with Gasteiger partial charge in [0.05, 0.1) is 22.2 Å². The Labute approximate surface area is 221 Å². The summed E-state index contributed by atoms with van der Waals surface area (Å²) in [5, 5.41) is 0.811. The Bertz CT molecular complexity index is 1300. The molecule has 1 aliphatic heterocycles. The second kappa shape index (κ2) is 10.8. The largest absolute Gasteiger partial charge is 0.490 e. The summed E-state index contributed by atoms with van der Waals surface area (Å²) < 4.78 is 18.1. The van der Waals surface area contributed by atoms with Gasteiger partial charge in [-0.2, -0.15) is 0 Å². The SMILES string of the molecule is CCOc1cc(C=C2N=C(c3cc(I)ccc3Cl)OC2=O)cc(Cl)c1OCc1ccc(C)cc1. The summed E-state index contributed by atoms with van der Waals surface area (Å²) in [5.41, 5.74) is 3.51. The van der Waals surface area contributed by atoms with Crippen LogP contribution in [0.2, 0.25) is 10.0 Å². The van der Waals surface area contributed by atoms with Gasteiger partial charge < -0.3 is 14.2 Å². The van der Waals surface area contributed by atoms with Crippen molar-refractivity contribution in [2.75, 3.05) is 6.61 Å². The quantitative estimate of drug-likeness (QED) is 0.162. The second-order valence-electron chi connectivity index (χ2n) is 7.50. The number of aliphatic imine (C=N–C) groups is 1. The van der Waals surface area contributed by atoms with Crippen molar-refractivity contribution in [2.24, 2.45) is 4.99 Å². The van der Waals surface area contributed by atoms with Gasteiger partial charge in [0, 0.05) is 3.57 Å². The van der Waals surface area contributed by atoms with E-state index < -0.39 is 5.97 Å². The predicted octanol–water partition coefficient (Wildman–Crippen LogP) is 7.23. The third kappa shape index (κ3) is 5.74. The smallest absolute Gasteiger partial charge is 0.363 e. The maximum atomic E-state index is 12.5. The molecule has 8 heteroatoms. The molecule has 0 saturated carbocycles. The van der Waals surface area contributed by atoms with Crippen molar-refractivity contribution in [1.82, 2.24) is 0 Å². The van der Waals surface area contributed by atoms with Crippen molar-refractivity contribution < 1.29 is 19.0 Å². The molecule has 0 amide bonds. The van der Waals surface area contributed by atoms with Gasteiger partial charge in [-0.05, 0) is 84.0 Å². The Balaban J connectivity index is 1.62. The number of esters is 1. The summed E-state index contributed by atoms with van der Waals surface area (Å²) in [4.78, 5) is 16.8. The van der Waals surface area contributed by atoms with Crippen LogP contribution in [0, 0.1) is 10.5 Å². The fourth-order valence-electron chi connectivity index (χ4n) is 3.26. The highest BCUT2D eigenvalue weighted by Crippen LogP contribution is 2.38. The number of hydrogen-bond acceptors (Lipinski definition) is 5. The number of hydrogen-bond donors (Lipinski definition) is 0. The van der Waals surface area contributed by atoms with E-state index in [1.807, 2.05) is 50.2 Å². The van der Waals surface area contributed by atoms with Crippen LogP contribution in [0.3, 0.4) is 0 Å². The van der Waals surface area contributed by atoms with Gasteiger partial charge >= 0.3 is 5.97 Å². The lowest BCUT2D eigenvalue weighted by Gasteiger charge is -2.14. The van der Waals surface area contributed by atoms with Crippen LogP contribution in [0.15, 0.2) is 65.3 Å². The van der Waals surface area contributed by atoms with E-state index in [1.165, 1.54) is 5.56 Å². The molecule has 1 heterocycles. The zero-order chi connectivity index (χ0) is 24.2. The van der Waals surface area contributed by atoms with E-state index in [0.29, 0.717) is 45.9 Å². The topological polar surface area (TPSA) is 57.1 Å². The number of aryl methyl sites for hydroxylation is 1. The molecule has 34 heavy (non-hydrogen) atoms. The molecule has 0 atom stereocenters. The summed E-state index contributed by atoms with van der Waals surface area (Å²) in [6.07, 6.45) is 1.59. The number of carbonyl (C=O) groups excluding carboxylic acids is 1. The van der Waals surface area contributed by atoms with Crippen molar-refractivity contribution in [3.05, 3.63) is 96.2 Å². The zero-order valence-corrected chi connectivity index (χ0v) is 22.1. The van der Waals surface area contributed by atoms with E-state index in [4.69, 9.17) is 37.4 Å². The van der Waals surface area contributed by atoms with Crippen LogP contribution < -0.4 is 9.47 Å². The summed E-state index contributed by atoms with van der Waals surface area (Å²) in [7, 11) is 0. The van der Waals surface area contributed by atoms with Crippen LogP contribution in [0.4, 0.5) is 0 Å². The van der Waals surface area contributed by atoms with Crippen molar-refractivity contribution in [1.29, 1.82) is 0 Å². The molecule has 0 N–H and O–H groups in total. The number of benzene rings is 3. The molecule has 174 valence electrons. The second-order valence-corrected chi connectivity index (χ2v) is 9.56. The Morgan fingerprint density at radius 3 is 2.53 bits per heavy atom. The fraction of sp³-hybridized carbons (Fsp3) is 0.154. The predicted molar refractivity (Wildman–Crippen MR) is 143 cm³/mol. The molecule has 4 rings (SSSR count). The van der Waals surface area contributed by atoms with Gasteiger partial charge in [0.2, 0.25) is 5.90 Å². The van der Waals surface area contributed by atoms with Crippen molar-refractivity contribution in [2.45, 2.75) is 20.5 Å². The lowest BCUT2D eigenvalue weighted by Crippen LogP contribution is -2.06. The summed E-state index contributed by atoms with van der Waals surface area (Å²) >= 11 is 15.0. The van der Waals surface area contributed by atoms with Gasteiger partial charge in [-0.3, -0.25) is 0 Å². The maximum absolute atomic E-state index is 12.5. The minimum atomic E-state index is -0.571. The van der Waals surface area contributed by atoms with Crippen LogP contribution in [0.25, 0.3) is 6.08 Å². The minimum absolute atomic E-state index is 0.136. The Morgan fingerprint density at radius 2 is 1.79 bits per heavy atom. The van der Waals surface area contributed by atoms with Crippen LogP contribution >= 0.6 is 45.8 Å². The van der Waals surface area contributed by atoms with Crippen LogP contribution in [-0.2, 0) is 16.1 Å².